The Morgan fingerprint density at radius 1 is 1.46 bits per heavy atom. The van der Waals surface area contributed by atoms with Crippen LogP contribution in [0.4, 0.5) is 0 Å². The van der Waals surface area contributed by atoms with E-state index < -0.39 is 0 Å². The van der Waals surface area contributed by atoms with Crippen molar-refractivity contribution >= 4 is 5.91 Å². The van der Waals surface area contributed by atoms with Gasteiger partial charge in [0.2, 0.25) is 5.91 Å². The average molecular weight is 180 g/mol. The van der Waals surface area contributed by atoms with Crippen molar-refractivity contribution in [1.29, 1.82) is 0 Å². The summed E-state index contributed by atoms with van der Waals surface area (Å²) < 4.78 is 0. The van der Waals surface area contributed by atoms with E-state index in [1.165, 1.54) is 0 Å². The van der Waals surface area contributed by atoms with E-state index >= 15 is 0 Å². The lowest BCUT2D eigenvalue weighted by Gasteiger charge is -2.12. The van der Waals surface area contributed by atoms with Crippen molar-refractivity contribution in [2.45, 2.75) is 19.4 Å². The zero-order chi connectivity index (χ0) is 9.26. The summed E-state index contributed by atoms with van der Waals surface area (Å²) in [7, 11) is 0. The van der Waals surface area contributed by atoms with Gasteiger partial charge < -0.3 is 4.90 Å². The number of hydrogen-bond acceptors (Lipinski definition) is 3. The van der Waals surface area contributed by atoms with Crippen molar-refractivity contribution < 1.29 is 4.79 Å². The van der Waals surface area contributed by atoms with Crippen LogP contribution in [0.2, 0.25) is 0 Å². The average Bonchev–Trinajstić information content (AvgIpc) is 2.75. The number of carbonyl (C=O) groups excluding carboxylic acids is 1. The van der Waals surface area contributed by atoms with E-state index in [-0.39, 0.29) is 11.9 Å². The molecule has 0 spiro atoms. The Hall–Kier alpha value is -1.39. The fourth-order valence-corrected chi connectivity index (χ4v) is 1.63. The zero-order valence-electron chi connectivity index (χ0n) is 7.55. The van der Waals surface area contributed by atoms with Crippen LogP contribution in [-0.2, 0) is 4.79 Å². The van der Waals surface area contributed by atoms with Crippen molar-refractivity contribution in [3.8, 4) is 0 Å². The van der Waals surface area contributed by atoms with Gasteiger partial charge in [-0.05, 0) is 6.42 Å². The number of rotatable bonds is 1. The van der Waals surface area contributed by atoms with Gasteiger partial charge in [-0.25, -0.2) is 0 Å². The monoisotopic (exact) mass is 180 g/mol. The predicted octanol–water partition coefficient (Wildman–Crippen LogP) is 0.0714. The van der Waals surface area contributed by atoms with E-state index in [9.17, 15) is 4.79 Å². The molecule has 1 aromatic heterocycles. The molecule has 1 aliphatic heterocycles. The highest BCUT2D eigenvalue weighted by Gasteiger charge is 2.26. The minimum absolute atomic E-state index is 0.134. The summed E-state index contributed by atoms with van der Waals surface area (Å²) in [5.74, 6) is 0.134. The third-order valence-electron chi connectivity index (χ3n) is 2.37. The lowest BCUT2D eigenvalue weighted by Crippen LogP contribution is -2.26. The number of nitrogens with zero attached hydrogens (tertiary/aromatic N) is 4. The highest BCUT2D eigenvalue weighted by atomic mass is 16.2. The van der Waals surface area contributed by atoms with Gasteiger partial charge in [-0.15, -0.1) is 0 Å². The SMILES string of the molecule is CC(=O)N1CCC(n2nccn2)C1. The molecule has 1 saturated heterocycles. The van der Waals surface area contributed by atoms with Crippen LogP contribution in [0.5, 0.6) is 0 Å². The van der Waals surface area contributed by atoms with Crippen LogP contribution in [-0.4, -0.2) is 38.9 Å². The fourth-order valence-electron chi connectivity index (χ4n) is 1.63. The minimum atomic E-state index is 0.134. The molecule has 1 unspecified atom stereocenters. The smallest absolute Gasteiger partial charge is 0.219 e. The van der Waals surface area contributed by atoms with Gasteiger partial charge in [0.15, 0.2) is 0 Å². The van der Waals surface area contributed by atoms with Gasteiger partial charge in [-0.2, -0.15) is 15.0 Å². The number of amides is 1. The van der Waals surface area contributed by atoms with E-state index in [0.29, 0.717) is 0 Å². The van der Waals surface area contributed by atoms with Gasteiger partial charge in [0.05, 0.1) is 18.4 Å². The van der Waals surface area contributed by atoms with Crippen LogP contribution >= 0.6 is 0 Å². The Morgan fingerprint density at radius 2 is 2.15 bits per heavy atom. The topological polar surface area (TPSA) is 51.0 Å². The van der Waals surface area contributed by atoms with Crippen molar-refractivity contribution in [3.63, 3.8) is 0 Å². The molecule has 5 nitrogen and oxygen atoms in total. The first-order chi connectivity index (χ1) is 6.27. The van der Waals surface area contributed by atoms with E-state index in [2.05, 4.69) is 10.2 Å². The van der Waals surface area contributed by atoms with Gasteiger partial charge in [0, 0.05) is 20.0 Å². The van der Waals surface area contributed by atoms with Crippen molar-refractivity contribution in [3.05, 3.63) is 12.4 Å². The molecule has 2 rings (SSSR count). The second-order valence-corrected chi connectivity index (χ2v) is 3.26. The lowest BCUT2D eigenvalue weighted by molar-refractivity contribution is -0.127. The lowest BCUT2D eigenvalue weighted by atomic mass is 10.3. The molecule has 13 heavy (non-hydrogen) atoms. The van der Waals surface area contributed by atoms with Crippen molar-refractivity contribution in [1.82, 2.24) is 19.9 Å². The Morgan fingerprint density at radius 3 is 2.69 bits per heavy atom. The summed E-state index contributed by atoms with van der Waals surface area (Å²) in [5, 5.41) is 8.12. The van der Waals surface area contributed by atoms with E-state index in [1.54, 1.807) is 24.1 Å². The van der Waals surface area contributed by atoms with E-state index in [0.717, 1.165) is 19.5 Å². The second-order valence-electron chi connectivity index (χ2n) is 3.26. The Labute approximate surface area is 76.3 Å². The summed E-state index contributed by atoms with van der Waals surface area (Å²) >= 11 is 0. The molecule has 70 valence electrons. The third-order valence-corrected chi connectivity index (χ3v) is 2.37. The summed E-state index contributed by atoms with van der Waals surface area (Å²) in [6, 6.07) is 0.263. The van der Waals surface area contributed by atoms with Crippen molar-refractivity contribution in [2.75, 3.05) is 13.1 Å². The first kappa shape index (κ1) is 8.22. The van der Waals surface area contributed by atoms with Gasteiger partial charge >= 0.3 is 0 Å². The van der Waals surface area contributed by atoms with Crippen LogP contribution in [0, 0.1) is 0 Å². The van der Waals surface area contributed by atoms with Crippen molar-refractivity contribution in [2.24, 2.45) is 0 Å². The number of carbonyl (C=O) groups is 1. The quantitative estimate of drug-likeness (QED) is 0.614. The molecule has 0 bridgehead atoms. The molecular formula is C8H12N4O. The zero-order valence-corrected chi connectivity index (χ0v) is 7.55. The molecule has 0 aliphatic carbocycles. The first-order valence-corrected chi connectivity index (χ1v) is 4.38. The largest absolute Gasteiger partial charge is 0.341 e. The minimum Gasteiger partial charge on any atom is -0.341 e. The Balaban J connectivity index is 2.03. The highest BCUT2D eigenvalue weighted by Crippen LogP contribution is 2.19. The summed E-state index contributed by atoms with van der Waals surface area (Å²) in [6.45, 7) is 3.16. The molecule has 2 heterocycles. The van der Waals surface area contributed by atoms with E-state index in [4.69, 9.17) is 0 Å². The molecule has 5 heteroatoms. The second kappa shape index (κ2) is 3.16. The maximum absolute atomic E-state index is 11.0. The molecule has 0 N–H and O–H groups in total. The molecule has 1 atom stereocenters. The molecule has 1 amide bonds. The Bertz CT molecular complexity index is 295. The van der Waals surface area contributed by atoms with E-state index in [1.807, 2.05) is 4.90 Å². The van der Waals surface area contributed by atoms with Crippen LogP contribution < -0.4 is 0 Å². The van der Waals surface area contributed by atoms with Gasteiger partial charge in [0.1, 0.15) is 0 Å². The normalized spacial score (nSPS) is 22.2. The summed E-state index contributed by atoms with van der Waals surface area (Å²) in [4.78, 5) is 14.5. The maximum atomic E-state index is 11.0. The molecule has 1 aliphatic rings. The number of hydrogen-bond donors (Lipinski definition) is 0. The van der Waals surface area contributed by atoms with Crippen LogP contribution in [0.1, 0.15) is 19.4 Å². The standard InChI is InChI=1S/C8H12N4O/c1-7(13)11-5-2-8(6-11)12-9-3-4-10-12/h3-4,8H,2,5-6H2,1H3. The molecule has 0 radical (unpaired) electrons. The van der Waals surface area contributed by atoms with Crippen LogP contribution in [0.25, 0.3) is 0 Å². The molecule has 0 saturated carbocycles. The summed E-state index contributed by atoms with van der Waals surface area (Å²) in [5.41, 5.74) is 0. The molecular weight excluding hydrogens is 168 g/mol. The molecule has 1 aromatic rings. The van der Waals surface area contributed by atoms with Gasteiger partial charge in [-0.3, -0.25) is 4.79 Å². The maximum Gasteiger partial charge on any atom is 0.219 e. The summed E-state index contributed by atoms with van der Waals surface area (Å²) in [6.07, 6.45) is 4.28. The van der Waals surface area contributed by atoms with Crippen LogP contribution in [0.3, 0.4) is 0 Å². The Kier molecular flexibility index (Phi) is 2.00. The van der Waals surface area contributed by atoms with Crippen LogP contribution in [0.15, 0.2) is 12.4 Å². The predicted molar refractivity (Wildman–Crippen MR) is 45.9 cm³/mol. The number of likely N-dealkylation sites (tertiary alicyclic amines) is 1. The molecule has 0 aromatic carbocycles. The van der Waals surface area contributed by atoms with Gasteiger partial charge in [-0.1, -0.05) is 0 Å². The third kappa shape index (κ3) is 1.54. The number of aromatic nitrogens is 3. The fraction of sp³-hybridized carbons (Fsp3) is 0.625. The first-order valence-electron chi connectivity index (χ1n) is 4.38. The van der Waals surface area contributed by atoms with Gasteiger partial charge in [0.25, 0.3) is 0 Å². The highest BCUT2D eigenvalue weighted by molar-refractivity contribution is 5.73. The molecule has 1 fully saturated rings.